The van der Waals surface area contributed by atoms with Gasteiger partial charge in [0.2, 0.25) is 5.91 Å². The van der Waals surface area contributed by atoms with Gasteiger partial charge in [0.1, 0.15) is 6.61 Å². The number of aryl methyl sites for hydroxylation is 1. The Bertz CT molecular complexity index is 582. The highest BCUT2D eigenvalue weighted by atomic mass is 16.5. The summed E-state index contributed by atoms with van der Waals surface area (Å²) in [5.41, 5.74) is 9.16. The van der Waals surface area contributed by atoms with Crippen molar-refractivity contribution < 1.29 is 9.53 Å². The van der Waals surface area contributed by atoms with Gasteiger partial charge in [0.25, 0.3) is 0 Å². The van der Waals surface area contributed by atoms with Crippen LogP contribution in [0.5, 0.6) is 0 Å². The first-order valence-corrected chi connectivity index (χ1v) is 6.43. The highest BCUT2D eigenvalue weighted by Gasteiger charge is 2.04. The number of hydrogen-bond acceptors (Lipinski definition) is 3. The van der Waals surface area contributed by atoms with Crippen LogP contribution in [0.2, 0.25) is 0 Å². The number of nitrogens with one attached hydrogen (secondary N) is 1. The van der Waals surface area contributed by atoms with E-state index in [2.05, 4.69) is 5.32 Å². The summed E-state index contributed by atoms with van der Waals surface area (Å²) in [6.45, 7) is 2.36. The monoisotopic (exact) mass is 270 g/mol. The molecular formula is C16H18N2O2. The van der Waals surface area contributed by atoms with Crippen LogP contribution >= 0.6 is 0 Å². The molecule has 3 N–H and O–H groups in total. The molecule has 0 aliphatic heterocycles. The fraction of sp³-hybridized carbons (Fsp3) is 0.188. The minimum atomic E-state index is -0.191. The Morgan fingerprint density at radius 3 is 2.65 bits per heavy atom. The molecule has 0 aliphatic rings. The third-order valence-corrected chi connectivity index (χ3v) is 2.91. The molecule has 0 saturated carbocycles. The molecule has 2 rings (SSSR count). The number of carbonyl (C=O) groups excluding carboxylic acids is 1. The van der Waals surface area contributed by atoms with Crippen molar-refractivity contribution in [2.24, 2.45) is 0 Å². The second-order valence-corrected chi connectivity index (χ2v) is 4.60. The smallest absolute Gasteiger partial charge is 0.250 e. The first-order valence-electron chi connectivity index (χ1n) is 6.43. The lowest BCUT2D eigenvalue weighted by Crippen LogP contribution is -2.18. The van der Waals surface area contributed by atoms with E-state index in [1.54, 1.807) is 6.07 Å². The second-order valence-electron chi connectivity index (χ2n) is 4.60. The highest BCUT2D eigenvalue weighted by Crippen LogP contribution is 2.16. The van der Waals surface area contributed by atoms with E-state index in [0.717, 1.165) is 11.1 Å². The second kappa shape index (κ2) is 6.73. The van der Waals surface area contributed by atoms with Crippen LogP contribution in [-0.2, 0) is 16.1 Å². The maximum Gasteiger partial charge on any atom is 0.250 e. The lowest BCUT2D eigenvalue weighted by Gasteiger charge is -2.08. The van der Waals surface area contributed by atoms with Gasteiger partial charge in [-0.25, -0.2) is 0 Å². The molecule has 0 unspecified atom stereocenters. The molecule has 104 valence electrons. The molecule has 0 spiro atoms. The minimum absolute atomic E-state index is 0.0165. The van der Waals surface area contributed by atoms with Crippen molar-refractivity contribution in [3.63, 3.8) is 0 Å². The largest absolute Gasteiger partial charge is 0.398 e. The SMILES string of the molecule is Cc1ccc(NC(=O)COCc2ccccc2)cc1N. The molecule has 0 heterocycles. The third-order valence-electron chi connectivity index (χ3n) is 2.91. The number of benzene rings is 2. The summed E-state index contributed by atoms with van der Waals surface area (Å²) in [6, 6.07) is 15.2. The summed E-state index contributed by atoms with van der Waals surface area (Å²) in [4.78, 5) is 11.7. The predicted octanol–water partition coefficient (Wildman–Crippen LogP) is 2.73. The third kappa shape index (κ3) is 4.10. The number of hydrogen-bond donors (Lipinski definition) is 2. The molecule has 4 heteroatoms. The molecule has 20 heavy (non-hydrogen) atoms. The summed E-state index contributed by atoms with van der Waals surface area (Å²) in [7, 11) is 0. The van der Waals surface area contributed by atoms with Crippen molar-refractivity contribution in [1.29, 1.82) is 0 Å². The fourth-order valence-electron chi connectivity index (χ4n) is 1.75. The van der Waals surface area contributed by atoms with Gasteiger partial charge in [0, 0.05) is 11.4 Å². The van der Waals surface area contributed by atoms with Crippen LogP contribution < -0.4 is 11.1 Å². The highest BCUT2D eigenvalue weighted by molar-refractivity contribution is 5.92. The van der Waals surface area contributed by atoms with Crippen molar-refractivity contribution in [2.45, 2.75) is 13.5 Å². The van der Waals surface area contributed by atoms with Gasteiger partial charge in [-0.1, -0.05) is 36.4 Å². The number of amides is 1. The maximum absolute atomic E-state index is 11.7. The molecule has 2 aromatic rings. The Hall–Kier alpha value is -2.33. The van der Waals surface area contributed by atoms with E-state index < -0.39 is 0 Å². The quantitative estimate of drug-likeness (QED) is 0.821. The first-order chi connectivity index (χ1) is 9.65. The van der Waals surface area contributed by atoms with Gasteiger partial charge in [-0.2, -0.15) is 0 Å². The van der Waals surface area contributed by atoms with Gasteiger partial charge in [-0.05, 0) is 30.2 Å². The molecule has 0 aromatic heterocycles. The number of nitrogens with two attached hydrogens (primary N) is 1. The molecule has 0 fully saturated rings. The van der Waals surface area contributed by atoms with Gasteiger partial charge in [-0.15, -0.1) is 0 Å². The molecule has 0 radical (unpaired) electrons. The zero-order valence-electron chi connectivity index (χ0n) is 11.4. The van der Waals surface area contributed by atoms with E-state index in [1.807, 2.05) is 49.4 Å². The Morgan fingerprint density at radius 1 is 1.20 bits per heavy atom. The van der Waals surface area contributed by atoms with Crippen LogP contribution in [0, 0.1) is 6.92 Å². The minimum Gasteiger partial charge on any atom is -0.398 e. The summed E-state index contributed by atoms with van der Waals surface area (Å²) >= 11 is 0. The normalized spacial score (nSPS) is 10.2. The van der Waals surface area contributed by atoms with Gasteiger partial charge in [-0.3, -0.25) is 4.79 Å². The van der Waals surface area contributed by atoms with Gasteiger partial charge in [0.05, 0.1) is 6.61 Å². The molecule has 0 bridgehead atoms. The molecule has 4 nitrogen and oxygen atoms in total. The average Bonchev–Trinajstić information content (AvgIpc) is 2.44. The van der Waals surface area contributed by atoms with E-state index in [0.29, 0.717) is 18.0 Å². The molecular weight excluding hydrogens is 252 g/mol. The first kappa shape index (κ1) is 14.1. The van der Waals surface area contributed by atoms with Crippen LogP contribution in [-0.4, -0.2) is 12.5 Å². The van der Waals surface area contributed by atoms with E-state index in [1.165, 1.54) is 0 Å². The lowest BCUT2D eigenvalue weighted by molar-refractivity contribution is -0.121. The number of rotatable bonds is 5. The van der Waals surface area contributed by atoms with Crippen LogP contribution in [0.1, 0.15) is 11.1 Å². The van der Waals surface area contributed by atoms with Crippen molar-refractivity contribution in [3.8, 4) is 0 Å². The fourth-order valence-corrected chi connectivity index (χ4v) is 1.75. The van der Waals surface area contributed by atoms with Crippen molar-refractivity contribution in [2.75, 3.05) is 17.7 Å². The van der Waals surface area contributed by atoms with Gasteiger partial charge >= 0.3 is 0 Å². The lowest BCUT2D eigenvalue weighted by atomic mass is 10.2. The van der Waals surface area contributed by atoms with Gasteiger partial charge in [0.15, 0.2) is 0 Å². The average molecular weight is 270 g/mol. The van der Waals surface area contributed by atoms with E-state index >= 15 is 0 Å². The Balaban J connectivity index is 1.79. The maximum atomic E-state index is 11.7. The van der Waals surface area contributed by atoms with Crippen molar-refractivity contribution in [1.82, 2.24) is 0 Å². The van der Waals surface area contributed by atoms with E-state index in [9.17, 15) is 4.79 Å². The molecule has 1 amide bonds. The summed E-state index contributed by atoms with van der Waals surface area (Å²) in [5.74, 6) is -0.191. The predicted molar refractivity (Wildman–Crippen MR) is 80.3 cm³/mol. The number of carbonyl (C=O) groups is 1. The molecule has 0 atom stereocenters. The van der Waals surface area contributed by atoms with Crippen LogP contribution in [0.15, 0.2) is 48.5 Å². The standard InChI is InChI=1S/C16H18N2O2/c1-12-7-8-14(9-15(12)17)18-16(19)11-20-10-13-5-3-2-4-6-13/h2-9H,10-11,17H2,1H3,(H,18,19). The van der Waals surface area contributed by atoms with Crippen LogP contribution in [0.25, 0.3) is 0 Å². The summed E-state index contributed by atoms with van der Waals surface area (Å²) in [5, 5.41) is 2.75. The Labute approximate surface area is 118 Å². The Morgan fingerprint density at radius 2 is 1.95 bits per heavy atom. The molecule has 0 saturated heterocycles. The number of anilines is 2. The summed E-state index contributed by atoms with van der Waals surface area (Å²) in [6.07, 6.45) is 0. The number of ether oxygens (including phenoxy) is 1. The topological polar surface area (TPSA) is 64.3 Å². The van der Waals surface area contributed by atoms with Gasteiger partial charge < -0.3 is 15.8 Å². The molecule has 2 aromatic carbocycles. The Kier molecular flexibility index (Phi) is 4.74. The zero-order valence-corrected chi connectivity index (χ0v) is 11.4. The number of nitrogen functional groups attached to an aromatic ring is 1. The zero-order chi connectivity index (χ0) is 14.4. The van der Waals surface area contributed by atoms with Crippen LogP contribution in [0.3, 0.4) is 0 Å². The van der Waals surface area contributed by atoms with Crippen LogP contribution in [0.4, 0.5) is 11.4 Å². The molecule has 0 aliphatic carbocycles. The van der Waals surface area contributed by atoms with Crippen molar-refractivity contribution in [3.05, 3.63) is 59.7 Å². The summed E-state index contributed by atoms with van der Waals surface area (Å²) < 4.78 is 5.36. The van der Waals surface area contributed by atoms with E-state index in [4.69, 9.17) is 10.5 Å². The van der Waals surface area contributed by atoms with E-state index in [-0.39, 0.29) is 12.5 Å². The van der Waals surface area contributed by atoms with Crippen molar-refractivity contribution >= 4 is 17.3 Å².